The van der Waals surface area contributed by atoms with E-state index in [2.05, 4.69) is 15.4 Å². The van der Waals surface area contributed by atoms with Gasteiger partial charge in [-0.05, 0) is 36.4 Å². The largest absolute Gasteiger partial charge is 0.482 e. The Balaban J connectivity index is 1.65. The zero-order chi connectivity index (χ0) is 23.7. The number of anilines is 1. The van der Waals surface area contributed by atoms with Crippen molar-refractivity contribution in [1.82, 2.24) is 4.68 Å². The van der Waals surface area contributed by atoms with Crippen LogP contribution in [0.3, 0.4) is 0 Å². The fraction of sp³-hybridized carbons (Fsp3) is 0.0417. The number of nitrogens with zero attached hydrogens (tertiary/aromatic N) is 3. The van der Waals surface area contributed by atoms with E-state index in [1.165, 1.54) is 34.4 Å². The number of hydrogen-bond donors (Lipinski definition) is 1. The van der Waals surface area contributed by atoms with Gasteiger partial charge in [-0.2, -0.15) is 5.10 Å². The van der Waals surface area contributed by atoms with E-state index in [9.17, 15) is 18.0 Å². The average Bonchev–Trinajstić information content (AvgIpc) is 3.22. The third-order valence-corrected chi connectivity index (χ3v) is 5.75. The van der Waals surface area contributed by atoms with Gasteiger partial charge in [-0.1, -0.05) is 18.2 Å². The molecule has 34 heavy (non-hydrogen) atoms. The van der Waals surface area contributed by atoms with Crippen LogP contribution in [0, 0.1) is 17.5 Å². The quantitative estimate of drug-likeness (QED) is 0.414. The molecular weight excluding hydrogens is 465 g/mol. The predicted octanol–water partition coefficient (Wildman–Crippen LogP) is 5.08. The molecule has 1 aliphatic rings. The number of aromatic nitrogens is 1. The summed E-state index contributed by atoms with van der Waals surface area (Å²) >= 11 is 1.17. The van der Waals surface area contributed by atoms with Crippen LogP contribution in [0.2, 0.25) is 0 Å². The molecule has 0 spiro atoms. The molecule has 0 fully saturated rings. The third-order valence-electron chi connectivity index (χ3n) is 4.94. The van der Waals surface area contributed by atoms with E-state index in [1.807, 2.05) is 0 Å². The molecule has 0 aliphatic carbocycles. The molecular formula is C24H15F3N4O2S. The van der Waals surface area contributed by atoms with Crippen molar-refractivity contribution >= 4 is 34.8 Å². The number of halogens is 3. The SMILES string of the molecule is O=C1COc2ccc(-c3csc(=Nc4ccc(F)cc4F)n3N=Cc3ccccc3F)cc2N1. The third kappa shape index (κ3) is 4.35. The zero-order valence-corrected chi connectivity index (χ0v) is 18.2. The predicted molar refractivity (Wildman–Crippen MR) is 123 cm³/mol. The lowest BCUT2D eigenvalue weighted by Crippen LogP contribution is -2.25. The number of hydrogen-bond acceptors (Lipinski definition) is 5. The maximum Gasteiger partial charge on any atom is 0.262 e. The molecule has 0 saturated carbocycles. The van der Waals surface area contributed by atoms with Crippen molar-refractivity contribution in [2.75, 3.05) is 11.9 Å². The number of benzene rings is 3. The highest BCUT2D eigenvalue weighted by Crippen LogP contribution is 2.33. The summed E-state index contributed by atoms with van der Waals surface area (Å²) in [5, 5.41) is 8.89. The first kappa shape index (κ1) is 21.7. The fourth-order valence-corrected chi connectivity index (χ4v) is 4.15. The van der Waals surface area contributed by atoms with Crippen molar-refractivity contribution in [2.24, 2.45) is 10.1 Å². The summed E-state index contributed by atoms with van der Waals surface area (Å²) in [5.41, 5.74) is 1.88. The van der Waals surface area contributed by atoms with Gasteiger partial charge in [-0.3, -0.25) is 4.79 Å². The Bertz CT molecular complexity index is 1510. The number of carbonyl (C=O) groups excluding carboxylic acids is 1. The van der Waals surface area contributed by atoms with Gasteiger partial charge in [0.1, 0.15) is 23.1 Å². The first-order chi connectivity index (χ1) is 16.5. The van der Waals surface area contributed by atoms with E-state index in [-0.39, 0.29) is 28.6 Å². The Hall–Kier alpha value is -4.18. The number of fused-ring (bicyclic) bond motifs is 1. The summed E-state index contributed by atoms with van der Waals surface area (Å²) in [7, 11) is 0. The van der Waals surface area contributed by atoms with E-state index in [1.54, 1.807) is 41.8 Å². The molecule has 0 bridgehead atoms. The van der Waals surface area contributed by atoms with Crippen LogP contribution >= 0.6 is 11.3 Å². The molecule has 6 nitrogen and oxygen atoms in total. The molecule has 1 amide bonds. The van der Waals surface area contributed by atoms with Gasteiger partial charge in [0.05, 0.1) is 17.6 Å². The molecule has 10 heteroatoms. The number of thiazole rings is 1. The molecule has 0 radical (unpaired) electrons. The number of ether oxygens (including phenoxy) is 1. The average molecular weight is 480 g/mol. The second-order valence-electron chi connectivity index (χ2n) is 7.24. The topological polar surface area (TPSA) is 68.0 Å². The summed E-state index contributed by atoms with van der Waals surface area (Å²) in [5.74, 6) is -1.75. The van der Waals surface area contributed by atoms with E-state index in [0.29, 0.717) is 22.7 Å². The Labute approximate surface area is 195 Å². The molecule has 1 N–H and O–H groups in total. The van der Waals surface area contributed by atoms with Crippen molar-refractivity contribution in [3.8, 4) is 17.0 Å². The van der Waals surface area contributed by atoms with Gasteiger partial charge >= 0.3 is 0 Å². The molecule has 1 aliphatic heterocycles. The first-order valence-corrected chi connectivity index (χ1v) is 10.9. The van der Waals surface area contributed by atoms with Crippen LogP contribution in [0.5, 0.6) is 5.75 Å². The van der Waals surface area contributed by atoms with E-state index in [0.717, 1.165) is 12.1 Å². The van der Waals surface area contributed by atoms with Crippen LogP contribution in [0.15, 0.2) is 76.1 Å². The summed E-state index contributed by atoms with van der Waals surface area (Å²) in [4.78, 5) is 16.3. The van der Waals surface area contributed by atoms with Gasteiger partial charge in [-0.15, -0.1) is 11.3 Å². The van der Waals surface area contributed by atoms with Gasteiger partial charge < -0.3 is 10.1 Å². The molecule has 2 heterocycles. The molecule has 1 aromatic heterocycles. The van der Waals surface area contributed by atoms with Gasteiger partial charge in [-0.25, -0.2) is 22.8 Å². The second-order valence-corrected chi connectivity index (χ2v) is 8.07. The normalized spacial score (nSPS) is 13.6. The molecule has 170 valence electrons. The number of rotatable bonds is 4. The molecule has 0 atom stereocenters. The Morgan fingerprint density at radius 2 is 1.88 bits per heavy atom. The van der Waals surface area contributed by atoms with Crippen molar-refractivity contribution < 1.29 is 22.7 Å². The van der Waals surface area contributed by atoms with Crippen LogP contribution in [-0.2, 0) is 4.79 Å². The second kappa shape index (κ2) is 8.99. The highest BCUT2D eigenvalue weighted by molar-refractivity contribution is 7.07. The van der Waals surface area contributed by atoms with Crippen LogP contribution in [0.4, 0.5) is 24.5 Å². The maximum absolute atomic E-state index is 14.2. The van der Waals surface area contributed by atoms with Crippen LogP contribution < -0.4 is 14.9 Å². The fourth-order valence-electron chi connectivity index (χ4n) is 3.30. The number of carbonyl (C=O) groups is 1. The lowest BCUT2D eigenvalue weighted by atomic mass is 10.1. The van der Waals surface area contributed by atoms with Crippen LogP contribution in [0.25, 0.3) is 11.3 Å². The lowest BCUT2D eigenvalue weighted by Gasteiger charge is -2.18. The number of nitrogens with one attached hydrogen (secondary N) is 1. The Morgan fingerprint density at radius 3 is 2.71 bits per heavy atom. The molecule has 0 saturated heterocycles. The summed E-state index contributed by atoms with van der Waals surface area (Å²) < 4.78 is 48.5. The highest BCUT2D eigenvalue weighted by atomic mass is 32.1. The lowest BCUT2D eigenvalue weighted by molar-refractivity contribution is -0.118. The van der Waals surface area contributed by atoms with Gasteiger partial charge in [0.2, 0.25) is 4.80 Å². The van der Waals surface area contributed by atoms with Crippen LogP contribution in [0.1, 0.15) is 5.56 Å². The van der Waals surface area contributed by atoms with E-state index < -0.39 is 17.5 Å². The smallest absolute Gasteiger partial charge is 0.262 e. The van der Waals surface area contributed by atoms with Gasteiger partial charge in [0.15, 0.2) is 12.4 Å². The first-order valence-electron chi connectivity index (χ1n) is 10.0. The summed E-state index contributed by atoms with van der Waals surface area (Å²) in [6.07, 6.45) is 1.33. The van der Waals surface area contributed by atoms with Gasteiger partial charge in [0, 0.05) is 22.6 Å². The highest BCUT2D eigenvalue weighted by Gasteiger charge is 2.18. The van der Waals surface area contributed by atoms with Crippen molar-refractivity contribution in [1.29, 1.82) is 0 Å². The van der Waals surface area contributed by atoms with Crippen molar-refractivity contribution in [2.45, 2.75) is 0 Å². The van der Waals surface area contributed by atoms with Gasteiger partial charge in [0.25, 0.3) is 5.91 Å². The molecule has 3 aromatic carbocycles. The van der Waals surface area contributed by atoms with Crippen molar-refractivity contribution in [3.63, 3.8) is 0 Å². The molecule has 0 unspecified atom stereocenters. The monoisotopic (exact) mass is 480 g/mol. The molecule has 4 aromatic rings. The van der Waals surface area contributed by atoms with E-state index >= 15 is 0 Å². The minimum absolute atomic E-state index is 0.0655. The van der Waals surface area contributed by atoms with Crippen LogP contribution in [-0.4, -0.2) is 23.4 Å². The summed E-state index contributed by atoms with van der Waals surface area (Å²) in [6, 6.07) is 14.4. The standard InChI is InChI=1S/C24H15F3N4O2S/c25-16-6-7-19(18(27)10-16)30-24-31(28-11-15-3-1-2-4-17(15)26)21(13-34-24)14-5-8-22-20(9-14)29-23(32)12-33-22/h1-11,13H,12H2,(H,29,32). The maximum atomic E-state index is 14.2. The Morgan fingerprint density at radius 1 is 1.03 bits per heavy atom. The minimum atomic E-state index is -0.826. The van der Waals surface area contributed by atoms with Crippen molar-refractivity contribution in [3.05, 3.63) is 93.9 Å². The minimum Gasteiger partial charge on any atom is -0.482 e. The zero-order valence-electron chi connectivity index (χ0n) is 17.3. The number of amides is 1. The summed E-state index contributed by atoms with van der Waals surface area (Å²) in [6.45, 7) is -0.0655. The van der Waals surface area contributed by atoms with E-state index in [4.69, 9.17) is 4.74 Å². The molecule has 5 rings (SSSR count). The Kier molecular flexibility index (Phi) is 5.72.